The largest absolute Gasteiger partial charge is 0.489 e. The molecule has 0 unspecified atom stereocenters. The van der Waals surface area contributed by atoms with Crippen LogP contribution in [-0.4, -0.2) is 25.7 Å². The van der Waals surface area contributed by atoms with Crippen LogP contribution in [0.1, 0.15) is 21.5 Å². The number of hydrogen-bond acceptors (Lipinski definition) is 6. The zero-order chi connectivity index (χ0) is 20.8. The monoisotopic (exact) mass is 396 g/mol. The summed E-state index contributed by atoms with van der Waals surface area (Å²) in [4.78, 5) is 20.7. The molecule has 0 aliphatic carbocycles. The molecular weight excluding hydrogens is 380 g/mol. The number of rotatable bonds is 6. The normalized spacial score (nSPS) is 10.2. The van der Waals surface area contributed by atoms with E-state index in [-0.39, 0.29) is 12.5 Å². The van der Waals surface area contributed by atoms with Crippen molar-refractivity contribution in [2.45, 2.75) is 6.61 Å². The minimum atomic E-state index is -0.284. The second kappa shape index (κ2) is 8.67. The van der Waals surface area contributed by atoms with Crippen LogP contribution in [0, 0.1) is 11.3 Å². The van der Waals surface area contributed by atoms with E-state index in [1.807, 2.05) is 12.1 Å². The molecule has 0 saturated heterocycles. The second-order valence-corrected chi connectivity index (χ2v) is 6.28. The number of hydrogen-bond donors (Lipinski definition) is 1. The van der Waals surface area contributed by atoms with Crippen molar-refractivity contribution in [3.63, 3.8) is 0 Å². The predicted molar refractivity (Wildman–Crippen MR) is 109 cm³/mol. The fraction of sp³-hybridized carbons (Fsp3) is 0.0455. The third-order valence-corrected chi connectivity index (χ3v) is 4.29. The molecule has 4 aromatic rings. The van der Waals surface area contributed by atoms with Crippen LogP contribution in [-0.2, 0) is 6.61 Å². The Morgan fingerprint density at radius 2 is 2.03 bits per heavy atom. The minimum Gasteiger partial charge on any atom is -0.489 e. The van der Waals surface area contributed by atoms with Gasteiger partial charge >= 0.3 is 0 Å². The van der Waals surface area contributed by atoms with Crippen molar-refractivity contribution in [3.8, 4) is 17.6 Å². The predicted octanol–water partition coefficient (Wildman–Crippen LogP) is 3.37. The molecule has 0 atom stereocenters. The summed E-state index contributed by atoms with van der Waals surface area (Å²) in [5.41, 5.74) is 2.35. The van der Waals surface area contributed by atoms with E-state index in [0.717, 1.165) is 5.56 Å². The maximum absolute atomic E-state index is 12.6. The Morgan fingerprint density at radius 3 is 2.80 bits per heavy atom. The van der Waals surface area contributed by atoms with Crippen molar-refractivity contribution >= 4 is 11.6 Å². The summed E-state index contributed by atoms with van der Waals surface area (Å²) in [5, 5.41) is 16.0. The first-order valence-corrected chi connectivity index (χ1v) is 9.06. The van der Waals surface area contributed by atoms with Crippen LogP contribution < -0.4 is 10.1 Å². The standard InChI is InChI=1S/C22H16N6O2/c23-11-17-4-1-2-5-18(17)13-30-20-7-3-6-16(10-20)22(29)27-19-8-9-21(25-12-19)28-15-24-14-26-28/h1-10,12,14-15H,13H2,(H,27,29). The van der Waals surface area contributed by atoms with Crippen molar-refractivity contribution in [1.82, 2.24) is 19.7 Å². The summed E-state index contributed by atoms with van der Waals surface area (Å²) in [6.07, 6.45) is 4.51. The topological polar surface area (TPSA) is 106 Å². The van der Waals surface area contributed by atoms with Gasteiger partial charge in [-0.3, -0.25) is 4.79 Å². The van der Waals surface area contributed by atoms with Crippen LogP contribution in [0.4, 0.5) is 5.69 Å². The average Bonchev–Trinajstić information content (AvgIpc) is 3.33. The minimum absolute atomic E-state index is 0.239. The van der Waals surface area contributed by atoms with Gasteiger partial charge in [-0.1, -0.05) is 24.3 Å². The first-order chi connectivity index (χ1) is 14.7. The number of amides is 1. The van der Waals surface area contributed by atoms with Gasteiger partial charge in [0.05, 0.1) is 23.5 Å². The molecule has 146 valence electrons. The number of aromatic nitrogens is 4. The summed E-state index contributed by atoms with van der Waals surface area (Å²) >= 11 is 0. The Bertz CT molecular complexity index is 1200. The number of ether oxygens (including phenoxy) is 1. The van der Waals surface area contributed by atoms with Gasteiger partial charge in [0.1, 0.15) is 25.0 Å². The lowest BCUT2D eigenvalue weighted by Crippen LogP contribution is -2.12. The van der Waals surface area contributed by atoms with Crippen LogP contribution in [0.3, 0.4) is 0 Å². The number of carbonyl (C=O) groups excluding carboxylic acids is 1. The molecule has 0 fully saturated rings. The molecule has 0 bridgehead atoms. The maximum atomic E-state index is 12.6. The van der Waals surface area contributed by atoms with Crippen LogP contribution in [0.25, 0.3) is 5.82 Å². The Labute approximate surface area is 172 Å². The molecule has 30 heavy (non-hydrogen) atoms. The van der Waals surface area contributed by atoms with Crippen molar-refractivity contribution in [2.75, 3.05) is 5.32 Å². The third kappa shape index (κ3) is 4.31. The van der Waals surface area contributed by atoms with Crippen molar-refractivity contribution in [3.05, 3.63) is 96.2 Å². The summed E-state index contributed by atoms with van der Waals surface area (Å²) in [6.45, 7) is 0.239. The highest BCUT2D eigenvalue weighted by Crippen LogP contribution is 2.18. The van der Waals surface area contributed by atoms with E-state index in [1.54, 1.807) is 61.1 Å². The number of anilines is 1. The quantitative estimate of drug-likeness (QED) is 0.536. The van der Waals surface area contributed by atoms with E-state index in [4.69, 9.17) is 4.74 Å². The molecule has 2 heterocycles. The lowest BCUT2D eigenvalue weighted by molar-refractivity contribution is 0.102. The average molecular weight is 396 g/mol. The van der Waals surface area contributed by atoms with Gasteiger partial charge in [0.25, 0.3) is 5.91 Å². The van der Waals surface area contributed by atoms with Gasteiger partial charge in [0, 0.05) is 11.1 Å². The third-order valence-electron chi connectivity index (χ3n) is 4.29. The SMILES string of the molecule is N#Cc1ccccc1COc1cccc(C(=O)Nc2ccc(-n3cncn3)nc2)c1. The van der Waals surface area contributed by atoms with E-state index >= 15 is 0 Å². The summed E-state index contributed by atoms with van der Waals surface area (Å²) in [6, 6.07) is 19.7. The molecule has 8 heteroatoms. The smallest absolute Gasteiger partial charge is 0.255 e. The van der Waals surface area contributed by atoms with Gasteiger partial charge in [0.2, 0.25) is 0 Å². The summed E-state index contributed by atoms with van der Waals surface area (Å²) in [7, 11) is 0. The van der Waals surface area contributed by atoms with Crippen molar-refractivity contribution < 1.29 is 9.53 Å². The van der Waals surface area contributed by atoms with E-state index in [9.17, 15) is 10.1 Å². The molecular formula is C22H16N6O2. The number of nitriles is 1. The van der Waals surface area contributed by atoms with Gasteiger partial charge in [0.15, 0.2) is 5.82 Å². The fourth-order valence-electron chi connectivity index (χ4n) is 2.77. The van der Waals surface area contributed by atoms with Crippen LogP contribution in [0.2, 0.25) is 0 Å². The van der Waals surface area contributed by atoms with Gasteiger partial charge in [-0.2, -0.15) is 10.4 Å². The molecule has 0 aliphatic heterocycles. The molecule has 2 aromatic heterocycles. The first-order valence-electron chi connectivity index (χ1n) is 9.06. The van der Waals surface area contributed by atoms with Gasteiger partial charge < -0.3 is 10.1 Å². The van der Waals surface area contributed by atoms with Gasteiger partial charge in [-0.05, 0) is 36.4 Å². The number of carbonyl (C=O) groups is 1. The van der Waals surface area contributed by atoms with Crippen LogP contribution in [0.15, 0.2) is 79.5 Å². The number of benzene rings is 2. The fourth-order valence-corrected chi connectivity index (χ4v) is 2.77. The van der Waals surface area contributed by atoms with E-state index in [0.29, 0.717) is 28.4 Å². The van der Waals surface area contributed by atoms with Crippen LogP contribution >= 0.6 is 0 Å². The molecule has 4 rings (SSSR count). The Kier molecular flexibility index (Phi) is 5.44. The lowest BCUT2D eigenvalue weighted by atomic mass is 10.1. The van der Waals surface area contributed by atoms with Crippen molar-refractivity contribution in [1.29, 1.82) is 5.26 Å². The van der Waals surface area contributed by atoms with Crippen molar-refractivity contribution in [2.24, 2.45) is 0 Å². The van der Waals surface area contributed by atoms with Gasteiger partial charge in [-0.25, -0.2) is 14.6 Å². The highest BCUT2D eigenvalue weighted by Gasteiger charge is 2.09. The first kappa shape index (κ1) is 18.8. The number of nitrogens with one attached hydrogen (secondary N) is 1. The molecule has 0 saturated carbocycles. The van der Waals surface area contributed by atoms with E-state index in [1.165, 1.54) is 11.0 Å². The molecule has 2 aromatic carbocycles. The highest BCUT2D eigenvalue weighted by molar-refractivity contribution is 6.04. The summed E-state index contributed by atoms with van der Waals surface area (Å²) < 4.78 is 7.30. The second-order valence-electron chi connectivity index (χ2n) is 6.28. The highest BCUT2D eigenvalue weighted by atomic mass is 16.5. The Hall–Kier alpha value is -4.51. The van der Waals surface area contributed by atoms with E-state index in [2.05, 4.69) is 26.5 Å². The number of nitrogens with zero attached hydrogens (tertiary/aromatic N) is 5. The van der Waals surface area contributed by atoms with Crippen LogP contribution in [0.5, 0.6) is 5.75 Å². The maximum Gasteiger partial charge on any atom is 0.255 e. The lowest BCUT2D eigenvalue weighted by Gasteiger charge is -2.10. The molecule has 0 spiro atoms. The molecule has 0 radical (unpaired) electrons. The molecule has 1 N–H and O–H groups in total. The number of pyridine rings is 1. The Balaban J connectivity index is 1.42. The summed E-state index contributed by atoms with van der Waals surface area (Å²) in [5.74, 6) is 0.849. The zero-order valence-electron chi connectivity index (χ0n) is 15.8. The zero-order valence-corrected chi connectivity index (χ0v) is 15.8. The van der Waals surface area contributed by atoms with E-state index < -0.39 is 0 Å². The Morgan fingerprint density at radius 1 is 1.13 bits per heavy atom. The molecule has 8 nitrogen and oxygen atoms in total. The molecule has 0 aliphatic rings. The molecule has 1 amide bonds. The van der Waals surface area contributed by atoms with Gasteiger partial charge in [-0.15, -0.1) is 0 Å².